The minimum Gasteiger partial charge on any atom is -0.334 e. The SMILES string of the molecule is CCn1cc(S(=O)(=O)N(C)C2CCCCC2Cl)nc1C. The van der Waals surface area contributed by atoms with Crippen molar-refractivity contribution in [3.8, 4) is 0 Å². The van der Waals surface area contributed by atoms with Crippen molar-refractivity contribution < 1.29 is 8.42 Å². The molecule has 5 nitrogen and oxygen atoms in total. The van der Waals surface area contributed by atoms with Gasteiger partial charge in [-0.3, -0.25) is 0 Å². The fourth-order valence-corrected chi connectivity index (χ4v) is 4.65. The van der Waals surface area contributed by atoms with Gasteiger partial charge in [0.25, 0.3) is 10.0 Å². The van der Waals surface area contributed by atoms with Crippen molar-refractivity contribution in [3.63, 3.8) is 0 Å². The van der Waals surface area contributed by atoms with Gasteiger partial charge in [0.1, 0.15) is 5.82 Å². The van der Waals surface area contributed by atoms with Crippen LogP contribution in [0.2, 0.25) is 0 Å². The number of imidazole rings is 1. The average molecular weight is 320 g/mol. The Bertz CT molecular complexity index is 570. The van der Waals surface area contributed by atoms with Gasteiger partial charge in [-0.25, -0.2) is 13.4 Å². The Labute approximate surface area is 126 Å². The van der Waals surface area contributed by atoms with Crippen LogP contribution in [0, 0.1) is 6.92 Å². The summed E-state index contributed by atoms with van der Waals surface area (Å²) < 4.78 is 28.5. The van der Waals surface area contributed by atoms with Gasteiger partial charge in [-0.2, -0.15) is 4.31 Å². The lowest BCUT2D eigenvalue weighted by Crippen LogP contribution is -2.44. The molecule has 0 saturated heterocycles. The minimum absolute atomic E-state index is 0.113. The van der Waals surface area contributed by atoms with Crippen molar-refractivity contribution in [2.24, 2.45) is 0 Å². The Hall–Kier alpha value is -0.590. The number of aromatic nitrogens is 2. The summed E-state index contributed by atoms with van der Waals surface area (Å²) in [5.74, 6) is 0.713. The molecule has 1 aromatic rings. The van der Waals surface area contributed by atoms with Gasteiger partial charge >= 0.3 is 0 Å². The summed E-state index contributed by atoms with van der Waals surface area (Å²) in [6.07, 6.45) is 5.39. The Morgan fingerprint density at radius 1 is 1.45 bits per heavy atom. The van der Waals surface area contributed by atoms with E-state index in [4.69, 9.17) is 11.6 Å². The van der Waals surface area contributed by atoms with Crippen LogP contribution in [0.15, 0.2) is 11.2 Å². The first kappa shape index (κ1) is 15.8. The van der Waals surface area contributed by atoms with Crippen LogP contribution in [0.25, 0.3) is 0 Å². The predicted molar refractivity (Wildman–Crippen MR) is 79.5 cm³/mol. The molecule has 2 rings (SSSR count). The van der Waals surface area contributed by atoms with Crippen LogP contribution in [0.5, 0.6) is 0 Å². The summed E-state index contributed by atoms with van der Waals surface area (Å²) in [5, 5.41) is 0.00618. The summed E-state index contributed by atoms with van der Waals surface area (Å²) in [4.78, 5) is 4.18. The van der Waals surface area contributed by atoms with Gasteiger partial charge in [0, 0.05) is 25.8 Å². The highest BCUT2D eigenvalue weighted by Gasteiger charge is 2.35. The van der Waals surface area contributed by atoms with Gasteiger partial charge in [-0.15, -0.1) is 11.6 Å². The maximum atomic E-state index is 12.6. The van der Waals surface area contributed by atoms with E-state index in [0.29, 0.717) is 12.4 Å². The van der Waals surface area contributed by atoms with Crippen molar-refractivity contribution in [2.75, 3.05) is 7.05 Å². The molecule has 114 valence electrons. The zero-order chi connectivity index (χ0) is 14.9. The normalized spacial score (nSPS) is 24.2. The lowest BCUT2D eigenvalue weighted by atomic mass is 9.95. The molecule has 1 aliphatic carbocycles. The first-order valence-electron chi connectivity index (χ1n) is 7.03. The molecule has 1 saturated carbocycles. The van der Waals surface area contributed by atoms with E-state index in [1.807, 2.05) is 18.4 Å². The van der Waals surface area contributed by atoms with Crippen molar-refractivity contribution in [1.29, 1.82) is 0 Å². The highest BCUT2D eigenvalue weighted by Crippen LogP contribution is 2.29. The van der Waals surface area contributed by atoms with E-state index in [1.54, 1.807) is 13.2 Å². The van der Waals surface area contributed by atoms with Gasteiger partial charge in [0.05, 0.1) is 5.38 Å². The quantitative estimate of drug-likeness (QED) is 0.801. The van der Waals surface area contributed by atoms with Gasteiger partial charge in [0.2, 0.25) is 0 Å². The predicted octanol–water partition coefficient (Wildman–Crippen LogP) is 2.38. The molecule has 2 unspecified atom stereocenters. The molecular formula is C13H22ClN3O2S. The second kappa shape index (κ2) is 6.03. The van der Waals surface area contributed by atoms with E-state index < -0.39 is 10.0 Å². The topological polar surface area (TPSA) is 55.2 Å². The first-order chi connectivity index (χ1) is 9.37. The Balaban J connectivity index is 2.28. The maximum absolute atomic E-state index is 12.6. The van der Waals surface area contributed by atoms with Crippen LogP contribution in [0.1, 0.15) is 38.4 Å². The zero-order valence-electron chi connectivity index (χ0n) is 12.2. The molecule has 20 heavy (non-hydrogen) atoms. The van der Waals surface area contributed by atoms with Crippen molar-refractivity contribution in [3.05, 3.63) is 12.0 Å². The smallest absolute Gasteiger partial charge is 0.262 e. The first-order valence-corrected chi connectivity index (χ1v) is 8.91. The molecule has 1 aromatic heterocycles. The van der Waals surface area contributed by atoms with Gasteiger partial charge in [-0.05, 0) is 26.7 Å². The maximum Gasteiger partial charge on any atom is 0.262 e. The number of hydrogen-bond donors (Lipinski definition) is 0. The van der Waals surface area contributed by atoms with Gasteiger partial charge < -0.3 is 4.57 Å². The van der Waals surface area contributed by atoms with Crippen LogP contribution >= 0.6 is 11.6 Å². The molecule has 0 amide bonds. The fourth-order valence-electron chi connectivity index (χ4n) is 2.73. The largest absolute Gasteiger partial charge is 0.334 e. The van der Waals surface area contributed by atoms with Crippen LogP contribution in [-0.2, 0) is 16.6 Å². The number of alkyl halides is 1. The third-order valence-electron chi connectivity index (χ3n) is 4.05. The van der Waals surface area contributed by atoms with Crippen LogP contribution in [-0.4, -0.2) is 40.7 Å². The van der Waals surface area contributed by atoms with E-state index in [2.05, 4.69) is 4.98 Å². The number of hydrogen-bond acceptors (Lipinski definition) is 3. The van der Waals surface area contributed by atoms with Crippen molar-refractivity contribution in [2.45, 2.75) is 62.5 Å². The Morgan fingerprint density at radius 2 is 2.10 bits per heavy atom. The number of aryl methyl sites for hydroxylation is 2. The second-order valence-electron chi connectivity index (χ2n) is 5.30. The van der Waals surface area contributed by atoms with E-state index in [0.717, 1.165) is 25.7 Å². The molecule has 0 spiro atoms. The highest BCUT2D eigenvalue weighted by molar-refractivity contribution is 7.89. The molecule has 0 aliphatic heterocycles. The number of halogens is 1. The molecule has 1 aliphatic rings. The third kappa shape index (κ3) is 2.87. The average Bonchev–Trinajstić information content (AvgIpc) is 2.80. The number of rotatable bonds is 4. The van der Waals surface area contributed by atoms with Gasteiger partial charge in [0.15, 0.2) is 5.03 Å². The molecule has 0 bridgehead atoms. The lowest BCUT2D eigenvalue weighted by molar-refractivity contribution is 0.290. The lowest BCUT2D eigenvalue weighted by Gasteiger charge is -2.33. The monoisotopic (exact) mass is 319 g/mol. The molecular weight excluding hydrogens is 298 g/mol. The molecule has 1 fully saturated rings. The van der Waals surface area contributed by atoms with E-state index in [-0.39, 0.29) is 16.4 Å². The zero-order valence-corrected chi connectivity index (χ0v) is 13.8. The molecule has 0 radical (unpaired) electrons. The van der Waals surface area contributed by atoms with E-state index in [9.17, 15) is 8.42 Å². The summed E-state index contributed by atoms with van der Waals surface area (Å²) in [6, 6.07) is -0.137. The number of sulfonamides is 1. The summed E-state index contributed by atoms with van der Waals surface area (Å²) in [7, 11) is -1.95. The van der Waals surface area contributed by atoms with Crippen molar-refractivity contribution >= 4 is 21.6 Å². The fraction of sp³-hybridized carbons (Fsp3) is 0.769. The molecule has 1 heterocycles. The second-order valence-corrected chi connectivity index (χ2v) is 7.81. The molecule has 0 aromatic carbocycles. The van der Waals surface area contributed by atoms with Crippen LogP contribution in [0.4, 0.5) is 0 Å². The molecule has 7 heteroatoms. The van der Waals surface area contributed by atoms with E-state index >= 15 is 0 Å². The van der Waals surface area contributed by atoms with Crippen molar-refractivity contribution in [1.82, 2.24) is 13.9 Å². The minimum atomic E-state index is -3.57. The Kier molecular flexibility index (Phi) is 4.76. The van der Waals surface area contributed by atoms with Crippen LogP contribution in [0.3, 0.4) is 0 Å². The highest BCUT2D eigenvalue weighted by atomic mass is 35.5. The van der Waals surface area contributed by atoms with Gasteiger partial charge in [-0.1, -0.05) is 12.8 Å². The Morgan fingerprint density at radius 3 is 2.65 bits per heavy atom. The van der Waals surface area contributed by atoms with Crippen LogP contribution < -0.4 is 0 Å². The summed E-state index contributed by atoms with van der Waals surface area (Å²) >= 11 is 6.30. The third-order valence-corrected chi connectivity index (χ3v) is 6.32. The molecule has 2 atom stereocenters. The summed E-state index contributed by atoms with van der Waals surface area (Å²) in [6.45, 7) is 4.48. The summed E-state index contributed by atoms with van der Waals surface area (Å²) in [5.41, 5.74) is 0. The number of nitrogens with zero attached hydrogens (tertiary/aromatic N) is 3. The molecule has 0 N–H and O–H groups in total. The standard InChI is InChI=1S/C13H22ClN3O2S/c1-4-17-9-13(15-10(17)2)20(18,19)16(3)12-8-6-5-7-11(12)14/h9,11-12H,4-8H2,1-3H3. The van der Waals surface area contributed by atoms with E-state index in [1.165, 1.54) is 4.31 Å².